The summed E-state index contributed by atoms with van der Waals surface area (Å²) in [5.74, 6) is 0.536. The Morgan fingerprint density at radius 1 is 1.19 bits per heavy atom. The second kappa shape index (κ2) is 4.65. The Hall–Kier alpha value is -2.23. The van der Waals surface area contributed by atoms with Crippen molar-refractivity contribution in [2.24, 2.45) is 0 Å². The molecule has 0 atom stereocenters. The van der Waals surface area contributed by atoms with Crippen molar-refractivity contribution in [3.05, 3.63) is 47.8 Å². The Balaban J connectivity index is 2.16. The molecule has 4 heteroatoms. The first-order chi connectivity index (χ1) is 9.85. The molecular formula is C17H19FN2O. The number of nitrogens with zero attached hydrogens (tertiary/aromatic N) is 1. The SMILES string of the molecule is Cc1cc(N)cc2c1N(c1ccc(F)cc1)CC(C)(C)O2. The first-order valence-corrected chi connectivity index (χ1v) is 6.98. The minimum atomic E-state index is -0.346. The number of fused-ring (bicyclic) bond motifs is 1. The molecule has 0 fully saturated rings. The van der Waals surface area contributed by atoms with Crippen molar-refractivity contribution in [3.8, 4) is 5.75 Å². The maximum Gasteiger partial charge on any atom is 0.146 e. The maximum atomic E-state index is 13.2. The quantitative estimate of drug-likeness (QED) is 0.804. The van der Waals surface area contributed by atoms with E-state index in [0.717, 1.165) is 22.7 Å². The third kappa shape index (κ3) is 2.53. The van der Waals surface area contributed by atoms with Crippen LogP contribution in [0.5, 0.6) is 5.75 Å². The standard InChI is InChI=1S/C17H19FN2O/c1-11-8-13(19)9-15-16(11)20(10-17(2,3)21-15)14-6-4-12(18)5-7-14/h4-9H,10,19H2,1-3H3. The van der Waals surface area contributed by atoms with E-state index in [1.165, 1.54) is 12.1 Å². The first-order valence-electron chi connectivity index (χ1n) is 6.98. The Morgan fingerprint density at radius 3 is 2.52 bits per heavy atom. The summed E-state index contributed by atoms with van der Waals surface area (Å²) in [5.41, 5.74) is 9.25. The number of anilines is 3. The number of hydrogen-bond donors (Lipinski definition) is 1. The number of benzene rings is 2. The Kier molecular flexibility index (Phi) is 3.04. The van der Waals surface area contributed by atoms with Gasteiger partial charge in [0.1, 0.15) is 17.2 Å². The van der Waals surface area contributed by atoms with E-state index >= 15 is 0 Å². The van der Waals surface area contributed by atoms with E-state index in [-0.39, 0.29) is 11.4 Å². The van der Waals surface area contributed by atoms with Crippen LogP contribution in [-0.2, 0) is 0 Å². The van der Waals surface area contributed by atoms with Gasteiger partial charge in [0, 0.05) is 17.4 Å². The lowest BCUT2D eigenvalue weighted by atomic mass is 10.0. The lowest BCUT2D eigenvalue weighted by Gasteiger charge is -2.41. The topological polar surface area (TPSA) is 38.5 Å². The number of nitrogen functional groups attached to an aromatic ring is 1. The third-order valence-corrected chi connectivity index (χ3v) is 3.62. The summed E-state index contributed by atoms with van der Waals surface area (Å²) in [4.78, 5) is 2.16. The van der Waals surface area contributed by atoms with Gasteiger partial charge in [-0.1, -0.05) is 0 Å². The molecule has 0 amide bonds. The minimum absolute atomic E-state index is 0.236. The molecule has 3 rings (SSSR count). The number of aryl methyl sites for hydroxylation is 1. The van der Waals surface area contributed by atoms with E-state index in [1.807, 2.05) is 32.9 Å². The average molecular weight is 286 g/mol. The number of halogens is 1. The van der Waals surface area contributed by atoms with Crippen LogP contribution < -0.4 is 15.4 Å². The maximum absolute atomic E-state index is 13.2. The smallest absolute Gasteiger partial charge is 0.146 e. The van der Waals surface area contributed by atoms with E-state index in [2.05, 4.69) is 4.90 Å². The molecule has 0 radical (unpaired) electrons. The van der Waals surface area contributed by atoms with Crippen molar-refractivity contribution in [1.29, 1.82) is 0 Å². The first kappa shape index (κ1) is 13.7. The fourth-order valence-corrected chi connectivity index (χ4v) is 2.83. The molecule has 3 nitrogen and oxygen atoms in total. The van der Waals surface area contributed by atoms with Gasteiger partial charge in [0.25, 0.3) is 0 Å². The van der Waals surface area contributed by atoms with Gasteiger partial charge >= 0.3 is 0 Å². The highest BCUT2D eigenvalue weighted by Gasteiger charge is 2.33. The fourth-order valence-electron chi connectivity index (χ4n) is 2.83. The van der Waals surface area contributed by atoms with Crippen LogP contribution >= 0.6 is 0 Å². The van der Waals surface area contributed by atoms with Crippen LogP contribution in [0.4, 0.5) is 21.5 Å². The van der Waals surface area contributed by atoms with E-state index in [9.17, 15) is 4.39 Å². The summed E-state index contributed by atoms with van der Waals surface area (Å²) in [5, 5.41) is 0. The van der Waals surface area contributed by atoms with Crippen molar-refractivity contribution in [2.75, 3.05) is 17.2 Å². The summed E-state index contributed by atoms with van der Waals surface area (Å²) < 4.78 is 19.2. The molecule has 2 aromatic rings. The third-order valence-electron chi connectivity index (χ3n) is 3.62. The van der Waals surface area contributed by atoms with Crippen LogP contribution in [0.15, 0.2) is 36.4 Å². The molecule has 0 saturated carbocycles. The summed E-state index contributed by atoms with van der Waals surface area (Å²) >= 11 is 0. The van der Waals surface area contributed by atoms with Gasteiger partial charge in [-0.15, -0.1) is 0 Å². The normalized spacial score (nSPS) is 16.3. The summed E-state index contributed by atoms with van der Waals surface area (Å²) in [6.07, 6.45) is 0. The number of hydrogen-bond acceptors (Lipinski definition) is 3. The van der Waals surface area contributed by atoms with Crippen LogP contribution in [-0.4, -0.2) is 12.1 Å². The monoisotopic (exact) mass is 286 g/mol. The fraction of sp³-hybridized carbons (Fsp3) is 0.294. The molecule has 2 aromatic carbocycles. The molecule has 1 aliphatic rings. The van der Waals surface area contributed by atoms with Gasteiger partial charge in [-0.2, -0.15) is 0 Å². The van der Waals surface area contributed by atoms with Crippen molar-refractivity contribution < 1.29 is 9.13 Å². The van der Waals surface area contributed by atoms with Crippen molar-refractivity contribution in [1.82, 2.24) is 0 Å². The second-order valence-electron chi connectivity index (χ2n) is 6.11. The summed E-state index contributed by atoms with van der Waals surface area (Å²) in [7, 11) is 0. The van der Waals surface area contributed by atoms with Crippen LogP contribution in [0.1, 0.15) is 19.4 Å². The van der Waals surface area contributed by atoms with Crippen LogP contribution in [0, 0.1) is 12.7 Å². The molecule has 1 heterocycles. The number of nitrogens with two attached hydrogens (primary N) is 1. The molecule has 0 saturated heterocycles. The van der Waals surface area contributed by atoms with E-state index in [1.54, 1.807) is 12.1 Å². The van der Waals surface area contributed by atoms with Gasteiger partial charge in [-0.05, 0) is 56.7 Å². The molecule has 0 aliphatic carbocycles. The highest BCUT2D eigenvalue weighted by atomic mass is 19.1. The molecule has 0 spiro atoms. The molecule has 0 unspecified atom stereocenters. The van der Waals surface area contributed by atoms with E-state index in [0.29, 0.717) is 12.2 Å². The number of ether oxygens (including phenoxy) is 1. The van der Waals surface area contributed by atoms with Gasteiger partial charge in [0.05, 0.1) is 12.2 Å². The Bertz CT molecular complexity index is 680. The predicted molar refractivity (Wildman–Crippen MR) is 83.7 cm³/mol. The van der Waals surface area contributed by atoms with Crippen molar-refractivity contribution in [2.45, 2.75) is 26.4 Å². The largest absolute Gasteiger partial charge is 0.484 e. The van der Waals surface area contributed by atoms with Crippen molar-refractivity contribution in [3.63, 3.8) is 0 Å². The predicted octanol–water partition coefficient (Wildman–Crippen LogP) is 4.03. The van der Waals surface area contributed by atoms with Gasteiger partial charge in [-0.3, -0.25) is 0 Å². The highest BCUT2D eigenvalue weighted by molar-refractivity contribution is 5.76. The van der Waals surface area contributed by atoms with Gasteiger partial charge < -0.3 is 15.4 Å². The second-order valence-corrected chi connectivity index (χ2v) is 6.11. The van der Waals surface area contributed by atoms with Crippen LogP contribution in [0.25, 0.3) is 0 Å². The molecular weight excluding hydrogens is 267 g/mol. The average Bonchev–Trinajstić information content (AvgIpc) is 2.36. The zero-order chi connectivity index (χ0) is 15.2. The van der Waals surface area contributed by atoms with Crippen molar-refractivity contribution >= 4 is 17.1 Å². The van der Waals surface area contributed by atoms with Crippen LogP contribution in [0.3, 0.4) is 0 Å². The van der Waals surface area contributed by atoms with E-state index < -0.39 is 0 Å². The molecule has 110 valence electrons. The lowest BCUT2D eigenvalue weighted by molar-refractivity contribution is 0.109. The zero-order valence-electron chi connectivity index (χ0n) is 12.5. The summed E-state index contributed by atoms with van der Waals surface area (Å²) in [6, 6.07) is 10.3. The molecule has 0 aromatic heterocycles. The van der Waals surface area contributed by atoms with Crippen LogP contribution in [0.2, 0.25) is 0 Å². The summed E-state index contributed by atoms with van der Waals surface area (Å²) in [6.45, 7) is 6.76. The Morgan fingerprint density at radius 2 is 1.86 bits per heavy atom. The van der Waals surface area contributed by atoms with Gasteiger partial charge in [0.15, 0.2) is 0 Å². The molecule has 1 aliphatic heterocycles. The zero-order valence-corrected chi connectivity index (χ0v) is 12.5. The number of rotatable bonds is 1. The van der Waals surface area contributed by atoms with E-state index in [4.69, 9.17) is 10.5 Å². The molecule has 0 bridgehead atoms. The Labute approximate surface area is 124 Å². The minimum Gasteiger partial charge on any atom is -0.484 e. The molecule has 2 N–H and O–H groups in total. The highest BCUT2D eigenvalue weighted by Crippen LogP contribution is 2.44. The molecule has 21 heavy (non-hydrogen) atoms. The lowest BCUT2D eigenvalue weighted by Crippen LogP contribution is -2.45. The van der Waals surface area contributed by atoms with Gasteiger partial charge in [0.2, 0.25) is 0 Å². The van der Waals surface area contributed by atoms with Gasteiger partial charge in [-0.25, -0.2) is 4.39 Å².